The number of esters is 3. The van der Waals surface area contributed by atoms with Crippen molar-refractivity contribution in [3.63, 3.8) is 0 Å². The summed E-state index contributed by atoms with van der Waals surface area (Å²) in [6.45, 7) is 4.61. The van der Waals surface area contributed by atoms with Crippen LogP contribution in [0.2, 0.25) is 0 Å². The van der Waals surface area contributed by atoms with Crippen LogP contribution in [-0.4, -0.2) is 36.2 Å². The van der Waals surface area contributed by atoms with E-state index in [0.717, 1.165) is 12.5 Å². The van der Waals surface area contributed by atoms with Gasteiger partial charge < -0.3 is 14.2 Å². The molecule has 2 bridgehead atoms. The van der Waals surface area contributed by atoms with Crippen molar-refractivity contribution < 1.29 is 28.6 Å². The summed E-state index contributed by atoms with van der Waals surface area (Å²) >= 11 is 0. The second-order valence-corrected chi connectivity index (χ2v) is 5.77. The Kier molecular flexibility index (Phi) is 2.84. The van der Waals surface area contributed by atoms with Gasteiger partial charge in [-0.1, -0.05) is 6.58 Å². The largest absolute Gasteiger partial charge is 0.455 e. The maximum atomic E-state index is 11.7. The average molecular weight is 280 g/mol. The van der Waals surface area contributed by atoms with Crippen molar-refractivity contribution in [1.29, 1.82) is 0 Å². The maximum absolute atomic E-state index is 11.7. The van der Waals surface area contributed by atoms with Crippen LogP contribution < -0.4 is 0 Å². The normalized spacial score (nSPS) is 40.4. The number of carbonyl (C=O) groups excluding carboxylic acids is 3. The number of ether oxygens (including phenoxy) is 3. The molecule has 0 amide bonds. The van der Waals surface area contributed by atoms with E-state index in [1.807, 2.05) is 6.92 Å². The Morgan fingerprint density at radius 3 is 2.95 bits per heavy atom. The van der Waals surface area contributed by atoms with Gasteiger partial charge in [-0.25, -0.2) is 9.59 Å². The Bertz CT molecular complexity index is 498. The highest BCUT2D eigenvalue weighted by molar-refractivity contribution is 5.84. The summed E-state index contributed by atoms with van der Waals surface area (Å²) in [4.78, 5) is 34.4. The monoisotopic (exact) mass is 280 g/mol. The summed E-state index contributed by atoms with van der Waals surface area (Å²) in [6.07, 6.45) is 2.10. The second-order valence-electron chi connectivity index (χ2n) is 5.77. The minimum absolute atomic E-state index is 0.0430. The molecule has 108 valence electrons. The van der Waals surface area contributed by atoms with Gasteiger partial charge in [-0.3, -0.25) is 4.79 Å². The molecule has 0 aromatic rings. The van der Waals surface area contributed by atoms with Crippen molar-refractivity contribution >= 4 is 17.9 Å². The molecule has 2 saturated carbocycles. The quantitative estimate of drug-likeness (QED) is 0.426. The van der Waals surface area contributed by atoms with Crippen LogP contribution in [0.15, 0.2) is 12.7 Å². The molecular weight excluding hydrogens is 264 g/mol. The fraction of sp³-hybridized carbons (Fsp3) is 0.643. The van der Waals surface area contributed by atoms with Gasteiger partial charge in [-0.15, -0.1) is 0 Å². The lowest BCUT2D eigenvalue weighted by molar-refractivity contribution is -0.178. The molecule has 0 radical (unpaired) electrons. The summed E-state index contributed by atoms with van der Waals surface area (Å²) in [5.41, 5.74) is -0.719. The molecule has 1 saturated heterocycles. The maximum Gasteiger partial charge on any atom is 0.344 e. The third-order valence-electron chi connectivity index (χ3n) is 4.71. The van der Waals surface area contributed by atoms with Gasteiger partial charge in [0.25, 0.3) is 0 Å². The minimum atomic E-state index is -0.719. The zero-order chi connectivity index (χ0) is 14.5. The van der Waals surface area contributed by atoms with Gasteiger partial charge in [0.2, 0.25) is 0 Å². The molecule has 0 aromatic carbocycles. The lowest BCUT2D eigenvalue weighted by atomic mass is 9.79. The molecule has 6 nitrogen and oxygen atoms in total. The Hall–Kier alpha value is -1.85. The van der Waals surface area contributed by atoms with Crippen molar-refractivity contribution in [2.45, 2.75) is 31.5 Å². The molecule has 5 unspecified atom stereocenters. The molecule has 20 heavy (non-hydrogen) atoms. The number of fused-ring (bicyclic) bond motifs is 1. The fourth-order valence-corrected chi connectivity index (χ4v) is 3.90. The van der Waals surface area contributed by atoms with Crippen molar-refractivity contribution in [2.75, 3.05) is 6.61 Å². The summed E-state index contributed by atoms with van der Waals surface area (Å²) < 4.78 is 15.5. The number of hydrogen-bond acceptors (Lipinski definition) is 6. The van der Waals surface area contributed by atoms with E-state index in [4.69, 9.17) is 9.47 Å². The van der Waals surface area contributed by atoms with E-state index in [2.05, 4.69) is 11.3 Å². The Balaban J connectivity index is 1.64. The van der Waals surface area contributed by atoms with Gasteiger partial charge in [-0.05, 0) is 19.8 Å². The first kappa shape index (κ1) is 13.1. The van der Waals surface area contributed by atoms with E-state index < -0.39 is 30.3 Å². The molecule has 3 rings (SSSR count). The molecule has 2 aliphatic carbocycles. The number of carbonyl (C=O) groups is 3. The van der Waals surface area contributed by atoms with Gasteiger partial charge in [0.15, 0.2) is 6.61 Å². The van der Waals surface area contributed by atoms with E-state index >= 15 is 0 Å². The lowest BCUT2D eigenvalue weighted by Crippen LogP contribution is -2.46. The molecule has 3 fully saturated rings. The van der Waals surface area contributed by atoms with Crippen molar-refractivity contribution in [3.05, 3.63) is 12.7 Å². The van der Waals surface area contributed by atoms with Crippen LogP contribution >= 0.6 is 0 Å². The van der Waals surface area contributed by atoms with E-state index in [1.165, 1.54) is 0 Å². The number of hydrogen-bond donors (Lipinski definition) is 0. The van der Waals surface area contributed by atoms with E-state index in [9.17, 15) is 14.4 Å². The van der Waals surface area contributed by atoms with Gasteiger partial charge in [0.1, 0.15) is 11.7 Å². The molecule has 3 aliphatic rings. The van der Waals surface area contributed by atoms with Crippen molar-refractivity contribution in [1.82, 2.24) is 0 Å². The molecule has 5 atom stereocenters. The van der Waals surface area contributed by atoms with Crippen LogP contribution in [-0.2, 0) is 28.6 Å². The molecule has 0 spiro atoms. The number of rotatable bonds is 4. The Morgan fingerprint density at radius 2 is 2.25 bits per heavy atom. The predicted octanol–water partition coefficient (Wildman–Crippen LogP) is 0.599. The highest BCUT2D eigenvalue weighted by Crippen LogP contribution is 2.61. The van der Waals surface area contributed by atoms with Crippen LogP contribution in [0.4, 0.5) is 0 Å². The summed E-state index contributed by atoms with van der Waals surface area (Å²) in [5, 5.41) is 0. The van der Waals surface area contributed by atoms with E-state index in [-0.39, 0.29) is 23.7 Å². The van der Waals surface area contributed by atoms with Gasteiger partial charge >= 0.3 is 17.9 Å². The Morgan fingerprint density at radius 1 is 1.50 bits per heavy atom. The summed E-state index contributed by atoms with van der Waals surface area (Å²) in [5.74, 6) is -1.24. The first-order chi connectivity index (χ1) is 9.45. The van der Waals surface area contributed by atoms with Crippen LogP contribution in [0.5, 0.6) is 0 Å². The lowest BCUT2D eigenvalue weighted by Gasteiger charge is -2.34. The van der Waals surface area contributed by atoms with E-state index in [0.29, 0.717) is 6.42 Å². The third-order valence-corrected chi connectivity index (χ3v) is 4.71. The van der Waals surface area contributed by atoms with Crippen LogP contribution in [0.1, 0.15) is 19.8 Å². The SMILES string of the molecule is C=CC(=O)OCC(=O)OC1C2CC3C(=O)OC1(C)C3C2. The first-order valence-electron chi connectivity index (χ1n) is 6.67. The molecule has 1 aliphatic heterocycles. The fourth-order valence-electron chi connectivity index (χ4n) is 3.90. The average Bonchev–Trinajstić information content (AvgIpc) is 2.99. The zero-order valence-corrected chi connectivity index (χ0v) is 11.2. The van der Waals surface area contributed by atoms with Crippen LogP contribution in [0.3, 0.4) is 0 Å². The molecule has 0 N–H and O–H groups in total. The third kappa shape index (κ3) is 1.74. The van der Waals surface area contributed by atoms with Gasteiger partial charge in [-0.2, -0.15) is 0 Å². The second kappa shape index (κ2) is 4.33. The minimum Gasteiger partial charge on any atom is -0.455 e. The molecule has 6 heteroatoms. The predicted molar refractivity (Wildman–Crippen MR) is 65.2 cm³/mol. The van der Waals surface area contributed by atoms with Crippen molar-refractivity contribution in [3.8, 4) is 0 Å². The van der Waals surface area contributed by atoms with Crippen LogP contribution in [0.25, 0.3) is 0 Å². The highest BCUT2D eigenvalue weighted by atomic mass is 16.6. The topological polar surface area (TPSA) is 78.9 Å². The standard InChI is InChI=1S/C14H16O6/c1-3-10(15)18-6-11(16)19-12-7-4-8-9(5-7)14(12,2)20-13(8)17/h3,7-9,12H,1,4-6H2,2H3. The molecule has 0 aromatic heterocycles. The van der Waals surface area contributed by atoms with Crippen LogP contribution in [0, 0.1) is 17.8 Å². The molecular formula is C14H16O6. The Labute approximate surface area is 116 Å². The van der Waals surface area contributed by atoms with Crippen molar-refractivity contribution in [2.24, 2.45) is 17.8 Å². The van der Waals surface area contributed by atoms with Gasteiger partial charge in [0.05, 0.1) is 5.92 Å². The zero-order valence-electron chi connectivity index (χ0n) is 11.2. The van der Waals surface area contributed by atoms with E-state index in [1.54, 1.807) is 0 Å². The first-order valence-corrected chi connectivity index (χ1v) is 6.67. The van der Waals surface area contributed by atoms with Gasteiger partial charge in [0, 0.05) is 17.9 Å². The smallest absolute Gasteiger partial charge is 0.344 e. The summed E-state index contributed by atoms with van der Waals surface area (Å²) in [6, 6.07) is 0. The molecule has 1 heterocycles. The highest BCUT2D eigenvalue weighted by Gasteiger charge is 2.70. The summed E-state index contributed by atoms with van der Waals surface area (Å²) in [7, 11) is 0.